The summed E-state index contributed by atoms with van der Waals surface area (Å²) in [4.78, 5) is 44.1. The number of ether oxygens (including phenoxy) is 3. The highest BCUT2D eigenvalue weighted by Crippen LogP contribution is 2.31. The molecule has 1 aliphatic heterocycles. The molecule has 4 aromatic carbocycles. The highest BCUT2D eigenvalue weighted by atomic mass is 16.5. The van der Waals surface area contributed by atoms with Gasteiger partial charge in [-0.05, 0) is 51.8 Å². The zero-order valence-electron chi connectivity index (χ0n) is 34.7. The van der Waals surface area contributed by atoms with E-state index in [1.165, 1.54) is 0 Å². The van der Waals surface area contributed by atoms with E-state index in [-0.39, 0.29) is 19.6 Å². The van der Waals surface area contributed by atoms with Gasteiger partial charge in [0.15, 0.2) is 0 Å². The lowest BCUT2D eigenvalue weighted by Crippen LogP contribution is -2.62. The number of aliphatic hydroxyl groups excluding tert-OH is 2. The van der Waals surface area contributed by atoms with Crippen molar-refractivity contribution in [1.82, 2.24) is 26.2 Å². The maximum Gasteiger partial charge on any atom is 0.408 e. The molecule has 4 aromatic rings. The van der Waals surface area contributed by atoms with Crippen LogP contribution in [0.3, 0.4) is 0 Å². The fraction of sp³-hybridized carbons (Fsp3) is 0.426. The molecule has 1 saturated heterocycles. The first-order chi connectivity index (χ1) is 28.9. The second kappa shape index (κ2) is 21.3. The predicted molar refractivity (Wildman–Crippen MR) is 228 cm³/mol. The number of rotatable bonds is 18. The second-order valence-electron chi connectivity index (χ2n) is 16.6. The van der Waals surface area contributed by atoms with Crippen molar-refractivity contribution in [2.45, 2.75) is 83.1 Å². The second-order valence-corrected chi connectivity index (χ2v) is 16.6. The van der Waals surface area contributed by atoms with E-state index in [4.69, 9.17) is 14.2 Å². The predicted octanol–water partition coefficient (Wildman–Crippen LogP) is 4.06. The van der Waals surface area contributed by atoms with Gasteiger partial charge in [0.1, 0.15) is 31.0 Å². The first-order valence-corrected chi connectivity index (χ1v) is 20.8. The van der Waals surface area contributed by atoms with Crippen LogP contribution in [-0.4, -0.2) is 103 Å². The summed E-state index contributed by atoms with van der Waals surface area (Å²) in [5.41, 5.74) is 3.42. The van der Waals surface area contributed by atoms with Gasteiger partial charge in [0, 0.05) is 32.6 Å². The van der Waals surface area contributed by atoms with Crippen molar-refractivity contribution in [3.05, 3.63) is 137 Å². The van der Waals surface area contributed by atoms with Crippen LogP contribution >= 0.6 is 0 Å². The van der Waals surface area contributed by atoms with E-state index >= 15 is 0 Å². The van der Waals surface area contributed by atoms with E-state index < -0.39 is 59.7 Å². The standard InChI is InChI=1S/C47H59N5O8/c1-47(2,3)43(51-46(57)60-31-34-14-8-5-9-15-34)45(56)49-38(28-32-12-6-4-7-13-32)42(54)41(44(55)50-40-37-17-11-10-16-35(37)29-39(40)53)48-30-33-18-20-36(21-19-33)59-27-24-52-22-25-58-26-23-52/h4-21,38-43,48,53-54H,22-31H2,1-3H3,(H,49,56)(H,50,55)(H,51,57)/t38-,39?,40-,41+,42+,43+/m0/s1. The Morgan fingerprint density at radius 3 is 2.15 bits per heavy atom. The minimum Gasteiger partial charge on any atom is -0.492 e. The Kier molecular flexibility index (Phi) is 15.7. The Bertz CT molecular complexity index is 1970. The van der Waals surface area contributed by atoms with Crippen LogP contribution in [0.4, 0.5) is 4.79 Å². The number of alkyl carbamates (subject to hydrolysis) is 1. The van der Waals surface area contributed by atoms with Crippen molar-refractivity contribution < 1.29 is 38.8 Å². The van der Waals surface area contributed by atoms with Crippen LogP contribution in [0, 0.1) is 5.41 Å². The van der Waals surface area contributed by atoms with Gasteiger partial charge in [-0.3, -0.25) is 19.8 Å². The van der Waals surface area contributed by atoms with Gasteiger partial charge < -0.3 is 40.4 Å². The summed E-state index contributed by atoms with van der Waals surface area (Å²) in [6.07, 6.45) is -2.56. The molecule has 2 aliphatic rings. The SMILES string of the molecule is CC(C)(C)[C@H](NC(=O)OCc1ccccc1)C(=O)N[C@@H](Cc1ccccc1)[C@@H](O)[C@@H](NCc1ccc(OCCN2CCOCC2)cc1)C(=O)N[C@H]1c2ccccc2CC1O. The van der Waals surface area contributed by atoms with Gasteiger partial charge in [0.2, 0.25) is 11.8 Å². The van der Waals surface area contributed by atoms with Crippen molar-refractivity contribution in [2.75, 3.05) is 39.5 Å². The number of amides is 3. The number of fused-ring (bicyclic) bond motifs is 1. The lowest BCUT2D eigenvalue weighted by molar-refractivity contribution is -0.131. The van der Waals surface area contributed by atoms with Gasteiger partial charge >= 0.3 is 6.09 Å². The average Bonchev–Trinajstić information content (AvgIpc) is 3.56. The third-order valence-corrected chi connectivity index (χ3v) is 11.0. The third-order valence-electron chi connectivity index (χ3n) is 11.0. The number of benzene rings is 4. The molecule has 1 fully saturated rings. The molecule has 6 atom stereocenters. The Labute approximate surface area is 352 Å². The highest BCUT2D eigenvalue weighted by molar-refractivity contribution is 5.87. The first kappa shape index (κ1) is 44.2. The lowest BCUT2D eigenvalue weighted by atomic mass is 9.85. The van der Waals surface area contributed by atoms with Gasteiger partial charge in [-0.2, -0.15) is 0 Å². The number of nitrogens with one attached hydrogen (secondary N) is 4. The Morgan fingerprint density at radius 2 is 1.47 bits per heavy atom. The van der Waals surface area contributed by atoms with Crippen molar-refractivity contribution in [1.29, 1.82) is 0 Å². The Hall–Kier alpha value is -5.31. The average molecular weight is 822 g/mol. The number of hydrogen-bond donors (Lipinski definition) is 6. The summed E-state index contributed by atoms with van der Waals surface area (Å²) >= 11 is 0. The van der Waals surface area contributed by atoms with Gasteiger partial charge in [0.05, 0.1) is 37.5 Å². The van der Waals surface area contributed by atoms with Crippen LogP contribution in [0.15, 0.2) is 109 Å². The molecule has 1 unspecified atom stereocenters. The van der Waals surface area contributed by atoms with Crippen molar-refractivity contribution >= 4 is 17.9 Å². The molecular formula is C47H59N5O8. The zero-order valence-corrected chi connectivity index (χ0v) is 34.7. The summed E-state index contributed by atoms with van der Waals surface area (Å²) < 4.78 is 16.9. The molecule has 0 saturated carbocycles. The summed E-state index contributed by atoms with van der Waals surface area (Å²) in [7, 11) is 0. The van der Waals surface area contributed by atoms with Gasteiger partial charge in [-0.15, -0.1) is 0 Å². The molecule has 320 valence electrons. The molecule has 1 heterocycles. The molecule has 6 rings (SSSR count). The molecule has 13 heteroatoms. The van der Waals surface area contributed by atoms with Gasteiger partial charge in [-0.25, -0.2) is 4.79 Å². The fourth-order valence-corrected chi connectivity index (χ4v) is 7.59. The van der Waals surface area contributed by atoms with Crippen LogP contribution in [0.25, 0.3) is 0 Å². The van der Waals surface area contributed by atoms with E-state index in [9.17, 15) is 24.6 Å². The number of carbonyl (C=O) groups is 3. The molecule has 0 radical (unpaired) electrons. The monoisotopic (exact) mass is 821 g/mol. The largest absolute Gasteiger partial charge is 0.492 e. The Morgan fingerprint density at radius 1 is 0.817 bits per heavy atom. The summed E-state index contributed by atoms with van der Waals surface area (Å²) in [5.74, 6) is -0.386. The minimum absolute atomic E-state index is 0.0216. The number of aliphatic hydroxyl groups is 2. The molecule has 0 bridgehead atoms. The normalized spacial score (nSPS) is 18.6. The quantitative estimate of drug-likeness (QED) is 0.0861. The van der Waals surface area contributed by atoms with E-state index in [1.54, 1.807) is 0 Å². The minimum atomic E-state index is -1.48. The number of morpholine rings is 1. The highest BCUT2D eigenvalue weighted by Gasteiger charge is 2.40. The Balaban J connectivity index is 1.20. The molecule has 3 amide bonds. The number of carbonyl (C=O) groups excluding carboxylic acids is 3. The molecular weight excluding hydrogens is 763 g/mol. The lowest BCUT2D eigenvalue weighted by Gasteiger charge is -2.35. The molecule has 13 nitrogen and oxygen atoms in total. The summed E-state index contributed by atoms with van der Waals surface area (Å²) in [5, 5.41) is 35.4. The fourth-order valence-electron chi connectivity index (χ4n) is 7.59. The number of nitrogens with zero attached hydrogens (tertiary/aromatic N) is 1. The molecule has 0 aromatic heterocycles. The first-order valence-electron chi connectivity index (χ1n) is 20.8. The maximum atomic E-state index is 14.4. The van der Waals surface area contributed by atoms with Crippen molar-refractivity contribution in [3.63, 3.8) is 0 Å². The number of hydrogen-bond acceptors (Lipinski definition) is 10. The van der Waals surface area contributed by atoms with E-state index in [1.807, 2.05) is 130 Å². The summed E-state index contributed by atoms with van der Waals surface area (Å²) in [6.45, 7) is 10.2. The third kappa shape index (κ3) is 12.6. The molecule has 0 spiro atoms. The van der Waals surface area contributed by atoms with Crippen LogP contribution < -0.4 is 26.0 Å². The van der Waals surface area contributed by atoms with Crippen LogP contribution in [0.1, 0.15) is 54.6 Å². The van der Waals surface area contributed by atoms with Crippen LogP contribution in [-0.2, 0) is 45.1 Å². The van der Waals surface area contributed by atoms with Crippen molar-refractivity contribution in [2.24, 2.45) is 5.41 Å². The van der Waals surface area contributed by atoms with E-state index in [2.05, 4.69) is 26.2 Å². The topological polar surface area (TPSA) is 171 Å². The van der Waals surface area contributed by atoms with Gasteiger partial charge in [-0.1, -0.05) is 118 Å². The van der Waals surface area contributed by atoms with Crippen LogP contribution in [0.5, 0.6) is 5.75 Å². The summed E-state index contributed by atoms with van der Waals surface area (Å²) in [6, 6.07) is 29.7. The maximum absolute atomic E-state index is 14.4. The zero-order chi connectivity index (χ0) is 42.5. The van der Waals surface area contributed by atoms with E-state index in [0.717, 1.165) is 60.7 Å². The van der Waals surface area contributed by atoms with E-state index in [0.29, 0.717) is 18.8 Å². The van der Waals surface area contributed by atoms with Crippen molar-refractivity contribution in [3.8, 4) is 5.75 Å². The smallest absolute Gasteiger partial charge is 0.408 e. The molecule has 60 heavy (non-hydrogen) atoms. The molecule has 6 N–H and O–H groups in total. The van der Waals surface area contributed by atoms with Crippen LogP contribution in [0.2, 0.25) is 0 Å². The van der Waals surface area contributed by atoms with Gasteiger partial charge in [0.25, 0.3) is 0 Å². The molecule has 1 aliphatic carbocycles.